The van der Waals surface area contributed by atoms with Crippen molar-refractivity contribution in [3.8, 4) is 5.75 Å². The summed E-state index contributed by atoms with van der Waals surface area (Å²) in [6, 6.07) is 15.8. The topological polar surface area (TPSA) is 97.9 Å². The van der Waals surface area contributed by atoms with Gasteiger partial charge in [-0.1, -0.05) is 42.5 Å². The second-order valence-electron chi connectivity index (χ2n) is 6.18. The number of nitrogens with one attached hydrogen (secondary N) is 4. The molecule has 0 spiro atoms. The Morgan fingerprint density at radius 1 is 1.12 bits per heavy atom. The molecule has 8 nitrogen and oxygen atoms in total. The van der Waals surface area contributed by atoms with Gasteiger partial charge in [0, 0.05) is 18.7 Å². The van der Waals surface area contributed by atoms with Crippen molar-refractivity contribution in [3.63, 3.8) is 0 Å². The molecule has 0 amide bonds. The van der Waals surface area contributed by atoms with Gasteiger partial charge in [0.1, 0.15) is 11.9 Å². The van der Waals surface area contributed by atoms with E-state index in [4.69, 9.17) is 9.84 Å². The lowest BCUT2D eigenvalue weighted by molar-refractivity contribution is -0.139. The Kier molecular flexibility index (Phi) is 6.16. The molecule has 0 unspecified atom stereocenters. The first-order valence-electron chi connectivity index (χ1n) is 8.33. The number of hydrogen-bond donors (Lipinski definition) is 5. The van der Waals surface area contributed by atoms with Crippen molar-refractivity contribution in [2.24, 2.45) is 0 Å². The third kappa shape index (κ3) is 5.01. The van der Waals surface area contributed by atoms with E-state index in [9.17, 15) is 4.79 Å². The summed E-state index contributed by atoms with van der Waals surface area (Å²) in [5.74, 6) is -0.380. The van der Waals surface area contributed by atoms with Crippen LogP contribution in [0, 0.1) is 0 Å². The normalized spacial score (nSPS) is 14.7. The Balaban J connectivity index is 1.63. The van der Waals surface area contributed by atoms with E-state index in [-0.39, 0.29) is 12.8 Å². The van der Waals surface area contributed by atoms with E-state index in [0.717, 1.165) is 17.7 Å². The molecule has 0 radical (unpaired) electrons. The molecule has 0 atom stereocenters. The average molecular weight is 357 g/mol. The number of ether oxygens (including phenoxy) is 1. The van der Waals surface area contributed by atoms with Gasteiger partial charge in [0.2, 0.25) is 0 Å². The maximum absolute atomic E-state index is 10.7. The predicted octanol–water partition coefficient (Wildman–Crippen LogP) is 0.898. The minimum atomic E-state index is -0.983. The Bertz CT molecular complexity index is 749. The van der Waals surface area contributed by atoms with Crippen molar-refractivity contribution in [3.05, 3.63) is 65.2 Å². The van der Waals surface area contributed by atoms with Crippen LogP contribution in [0.25, 0.3) is 0 Å². The van der Waals surface area contributed by atoms with E-state index < -0.39 is 5.97 Å². The van der Waals surface area contributed by atoms with Crippen LogP contribution in [0.1, 0.15) is 22.9 Å². The van der Waals surface area contributed by atoms with Crippen molar-refractivity contribution in [1.82, 2.24) is 26.8 Å². The van der Waals surface area contributed by atoms with E-state index >= 15 is 0 Å². The van der Waals surface area contributed by atoms with Crippen molar-refractivity contribution >= 4 is 5.97 Å². The summed E-state index contributed by atoms with van der Waals surface area (Å²) in [4.78, 5) is 12.9. The summed E-state index contributed by atoms with van der Waals surface area (Å²) in [7, 11) is 2.02. The molecule has 1 aliphatic rings. The van der Waals surface area contributed by atoms with E-state index in [1.54, 1.807) is 6.07 Å². The highest BCUT2D eigenvalue weighted by molar-refractivity contribution is 5.68. The zero-order chi connectivity index (χ0) is 18.4. The smallest absolute Gasteiger partial charge is 0.341 e. The number of benzene rings is 2. The average Bonchev–Trinajstić information content (AvgIpc) is 3.16. The zero-order valence-electron chi connectivity index (χ0n) is 14.5. The maximum atomic E-state index is 10.7. The van der Waals surface area contributed by atoms with Crippen LogP contribution in [0.4, 0.5) is 0 Å². The highest BCUT2D eigenvalue weighted by Crippen LogP contribution is 2.21. The van der Waals surface area contributed by atoms with Gasteiger partial charge in [-0.05, 0) is 24.2 Å². The molecule has 2 aromatic rings. The van der Waals surface area contributed by atoms with Gasteiger partial charge in [0.05, 0.1) is 0 Å². The van der Waals surface area contributed by atoms with Gasteiger partial charge in [-0.2, -0.15) is 11.1 Å². The SMILES string of the molecule is CN(Cc1cccc(C2NNNN2)c1)Cc1ccccc1OCC(=O)O. The second-order valence-corrected chi connectivity index (χ2v) is 6.18. The summed E-state index contributed by atoms with van der Waals surface area (Å²) in [6.45, 7) is 1.07. The van der Waals surface area contributed by atoms with Crippen molar-refractivity contribution in [2.75, 3.05) is 13.7 Å². The van der Waals surface area contributed by atoms with Gasteiger partial charge in [-0.25, -0.2) is 15.6 Å². The molecule has 2 aromatic carbocycles. The van der Waals surface area contributed by atoms with Crippen molar-refractivity contribution in [1.29, 1.82) is 0 Å². The molecule has 5 N–H and O–H groups in total. The molecule has 8 heteroatoms. The van der Waals surface area contributed by atoms with Gasteiger partial charge < -0.3 is 9.84 Å². The summed E-state index contributed by atoms with van der Waals surface area (Å²) in [5, 5.41) is 8.80. The van der Waals surface area contributed by atoms with Gasteiger partial charge >= 0.3 is 5.97 Å². The predicted molar refractivity (Wildman–Crippen MR) is 96.5 cm³/mol. The first kappa shape index (κ1) is 18.3. The highest BCUT2D eigenvalue weighted by atomic mass is 16.5. The maximum Gasteiger partial charge on any atom is 0.341 e. The van der Waals surface area contributed by atoms with Gasteiger partial charge in [0.15, 0.2) is 6.61 Å². The second kappa shape index (κ2) is 8.75. The number of aliphatic carboxylic acids is 1. The fraction of sp³-hybridized carbons (Fsp3) is 0.278. The number of hydrogen-bond acceptors (Lipinski definition) is 7. The number of para-hydroxylation sites is 1. The van der Waals surface area contributed by atoms with Crippen LogP contribution < -0.4 is 26.7 Å². The Morgan fingerprint density at radius 2 is 1.88 bits per heavy atom. The molecular weight excluding hydrogens is 334 g/mol. The van der Waals surface area contributed by atoms with Crippen LogP contribution >= 0.6 is 0 Å². The molecule has 1 fully saturated rings. The lowest BCUT2D eigenvalue weighted by Crippen LogP contribution is -2.33. The fourth-order valence-corrected chi connectivity index (χ4v) is 2.86. The molecule has 138 valence electrons. The monoisotopic (exact) mass is 357 g/mol. The van der Waals surface area contributed by atoms with Crippen molar-refractivity contribution < 1.29 is 14.6 Å². The molecule has 0 saturated carbocycles. The number of carboxylic acid groups (broad SMARTS) is 1. The summed E-state index contributed by atoms with van der Waals surface area (Å²) in [6.07, 6.45) is 0.00500. The van der Waals surface area contributed by atoms with Crippen LogP contribution in [0.15, 0.2) is 48.5 Å². The van der Waals surface area contributed by atoms with Crippen LogP contribution in [-0.2, 0) is 17.9 Å². The van der Waals surface area contributed by atoms with E-state index in [0.29, 0.717) is 12.3 Å². The summed E-state index contributed by atoms with van der Waals surface area (Å²) >= 11 is 0. The quantitative estimate of drug-likeness (QED) is 0.475. The fourth-order valence-electron chi connectivity index (χ4n) is 2.86. The number of rotatable bonds is 8. The minimum absolute atomic E-state index is 0.00500. The largest absolute Gasteiger partial charge is 0.482 e. The number of hydrazine groups is 3. The number of carbonyl (C=O) groups is 1. The first-order chi connectivity index (χ1) is 12.6. The van der Waals surface area contributed by atoms with Crippen LogP contribution in [0.2, 0.25) is 0 Å². The highest BCUT2D eigenvalue weighted by Gasteiger charge is 2.15. The standard InChI is InChI=1S/C18H23N5O3/c1-23(11-15-6-2-3-8-16(15)26-12-17(24)25)10-13-5-4-7-14(9-13)18-19-21-22-20-18/h2-9,18-22H,10-12H2,1H3,(H,24,25). The summed E-state index contributed by atoms with van der Waals surface area (Å²) in [5.41, 5.74) is 15.0. The van der Waals surface area contributed by atoms with Gasteiger partial charge in [0.25, 0.3) is 0 Å². The van der Waals surface area contributed by atoms with Gasteiger partial charge in [-0.15, -0.1) is 0 Å². The molecular formula is C18H23N5O3. The Morgan fingerprint density at radius 3 is 2.65 bits per heavy atom. The molecule has 1 heterocycles. The van der Waals surface area contributed by atoms with Crippen LogP contribution in [0.3, 0.4) is 0 Å². The minimum Gasteiger partial charge on any atom is -0.482 e. The third-order valence-corrected chi connectivity index (χ3v) is 4.00. The summed E-state index contributed by atoms with van der Waals surface area (Å²) < 4.78 is 5.38. The molecule has 1 aliphatic heterocycles. The van der Waals surface area contributed by atoms with Crippen LogP contribution in [0.5, 0.6) is 5.75 Å². The molecule has 0 aromatic heterocycles. The zero-order valence-corrected chi connectivity index (χ0v) is 14.5. The van der Waals surface area contributed by atoms with Crippen molar-refractivity contribution in [2.45, 2.75) is 19.3 Å². The Labute approximate surface area is 152 Å². The molecule has 3 rings (SSSR count). The lowest BCUT2D eigenvalue weighted by Gasteiger charge is -2.20. The van der Waals surface area contributed by atoms with Gasteiger partial charge in [-0.3, -0.25) is 4.90 Å². The Hall–Kier alpha value is -2.49. The molecule has 0 bridgehead atoms. The number of carboxylic acids is 1. The van der Waals surface area contributed by atoms with E-state index in [1.165, 1.54) is 5.56 Å². The van der Waals surface area contributed by atoms with E-state index in [2.05, 4.69) is 45.0 Å². The first-order valence-corrected chi connectivity index (χ1v) is 8.33. The number of nitrogens with zero attached hydrogens (tertiary/aromatic N) is 1. The lowest BCUT2D eigenvalue weighted by atomic mass is 10.1. The van der Waals surface area contributed by atoms with Crippen LogP contribution in [-0.4, -0.2) is 29.6 Å². The van der Waals surface area contributed by atoms with E-state index in [1.807, 2.05) is 31.3 Å². The molecule has 26 heavy (non-hydrogen) atoms. The molecule has 0 aliphatic carbocycles. The third-order valence-electron chi connectivity index (χ3n) is 4.00. The molecule has 1 saturated heterocycles.